The van der Waals surface area contributed by atoms with Crippen LogP contribution in [0.3, 0.4) is 0 Å². The van der Waals surface area contributed by atoms with E-state index in [2.05, 4.69) is 145 Å². The molecule has 0 saturated carbocycles. The molecule has 0 aliphatic carbocycles. The third-order valence-corrected chi connectivity index (χ3v) is 5.96. The molecule has 0 unspecified atom stereocenters. The first kappa shape index (κ1) is 23.9. The van der Waals surface area contributed by atoms with Gasteiger partial charge in [0.25, 0.3) is 0 Å². The standard InChI is InChI=1S/C28H30IN3/c1-4-26-21-25(17-20-28(26)30-31-32(5-2)6-3)14-13-23-9-7-22(8-10-23)11-12-24-15-18-27(29)19-16-24/h7-21H,4-6H2,1-3H3/b12-11+,14-13+,31-30?. The fourth-order valence-corrected chi connectivity index (χ4v) is 3.59. The molecule has 3 nitrogen and oxygen atoms in total. The van der Waals surface area contributed by atoms with E-state index in [1.807, 2.05) is 5.01 Å². The largest absolute Gasteiger partial charge is 0.279 e. The lowest BCUT2D eigenvalue weighted by molar-refractivity contribution is 0.300. The van der Waals surface area contributed by atoms with Crippen LogP contribution in [0.4, 0.5) is 5.69 Å². The number of nitrogens with zero attached hydrogens (tertiary/aromatic N) is 3. The Balaban J connectivity index is 1.67. The monoisotopic (exact) mass is 535 g/mol. The molecule has 164 valence electrons. The number of benzene rings is 3. The van der Waals surface area contributed by atoms with Crippen molar-refractivity contribution >= 4 is 52.6 Å². The van der Waals surface area contributed by atoms with Crippen LogP contribution in [0.1, 0.15) is 48.6 Å². The maximum atomic E-state index is 4.45. The highest BCUT2D eigenvalue weighted by molar-refractivity contribution is 14.1. The normalized spacial score (nSPS) is 11.8. The summed E-state index contributed by atoms with van der Waals surface area (Å²) in [6.45, 7) is 8.06. The molecule has 32 heavy (non-hydrogen) atoms. The second-order valence-corrected chi connectivity index (χ2v) is 8.70. The average molecular weight is 535 g/mol. The number of rotatable bonds is 9. The molecular weight excluding hydrogens is 505 g/mol. The Hall–Kier alpha value is -2.73. The van der Waals surface area contributed by atoms with Gasteiger partial charge in [-0.25, -0.2) is 0 Å². The molecule has 3 aromatic rings. The summed E-state index contributed by atoms with van der Waals surface area (Å²) in [4.78, 5) is 0. The van der Waals surface area contributed by atoms with Gasteiger partial charge in [0, 0.05) is 16.7 Å². The maximum absolute atomic E-state index is 4.45. The predicted octanol–water partition coefficient (Wildman–Crippen LogP) is 8.53. The molecule has 0 aliphatic rings. The zero-order chi connectivity index (χ0) is 22.8. The topological polar surface area (TPSA) is 28.0 Å². The van der Waals surface area contributed by atoms with Crippen molar-refractivity contribution in [2.75, 3.05) is 13.1 Å². The molecule has 3 rings (SSSR count). The van der Waals surface area contributed by atoms with E-state index in [-0.39, 0.29) is 0 Å². The SMILES string of the molecule is CCc1cc(/C=C/c2ccc(/C=C/c3ccc(I)cc3)cc2)ccc1N=NN(CC)CC. The lowest BCUT2D eigenvalue weighted by atomic mass is 10.0. The smallest absolute Gasteiger partial charge is 0.0906 e. The Labute approximate surface area is 205 Å². The van der Waals surface area contributed by atoms with Crippen LogP contribution < -0.4 is 0 Å². The van der Waals surface area contributed by atoms with E-state index < -0.39 is 0 Å². The fourth-order valence-electron chi connectivity index (χ4n) is 3.23. The Kier molecular flexibility index (Phi) is 9.23. The molecule has 3 aromatic carbocycles. The Bertz CT molecular complexity index is 1080. The minimum Gasteiger partial charge on any atom is -0.279 e. The Morgan fingerprint density at radius 1 is 0.688 bits per heavy atom. The molecular formula is C28H30IN3. The van der Waals surface area contributed by atoms with Crippen LogP contribution in [0.15, 0.2) is 77.1 Å². The van der Waals surface area contributed by atoms with Gasteiger partial charge < -0.3 is 0 Å². The summed E-state index contributed by atoms with van der Waals surface area (Å²) in [6, 6.07) is 23.5. The van der Waals surface area contributed by atoms with E-state index in [0.29, 0.717) is 0 Å². The molecule has 0 saturated heterocycles. The summed E-state index contributed by atoms with van der Waals surface area (Å²) in [5.74, 6) is 0. The highest BCUT2D eigenvalue weighted by Gasteiger charge is 2.02. The van der Waals surface area contributed by atoms with Gasteiger partial charge in [-0.05, 0) is 94.9 Å². The first-order valence-electron chi connectivity index (χ1n) is 11.1. The van der Waals surface area contributed by atoms with Gasteiger partial charge in [0.05, 0.1) is 5.69 Å². The van der Waals surface area contributed by atoms with Crippen LogP contribution >= 0.6 is 22.6 Å². The fraction of sp³-hybridized carbons (Fsp3) is 0.214. The summed E-state index contributed by atoms with van der Waals surface area (Å²) in [5, 5.41) is 10.7. The van der Waals surface area contributed by atoms with Crippen LogP contribution in [0.5, 0.6) is 0 Å². The van der Waals surface area contributed by atoms with Gasteiger partial charge in [-0.2, -0.15) is 0 Å². The second kappa shape index (κ2) is 12.3. The Morgan fingerprint density at radius 2 is 1.16 bits per heavy atom. The van der Waals surface area contributed by atoms with Gasteiger partial charge in [-0.3, -0.25) is 5.01 Å². The van der Waals surface area contributed by atoms with Crippen molar-refractivity contribution in [3.8, 4) is 0 Å². The summed E-state index contributed by atoms with van der Waals surface area (Å²) >= 11 is 2.32. The first-order chi connectivity index (χ1) is 15.6. The van der Waals surface area contributed by atoms with Crippen molar-refractivity contribution in [2.24, 2.45) is 10.3 Å². The third kappa shape index (κ3) is 7.16. The maximum Gasteiger partial charge on any atom is 0.0906 e. The molecule has 0 amide bonds. The van der Waals surface area contributed by atoms with E-state index in [9.17, 15) is 0 Å². The van der Waals surface area contributed by atoms with Crippen molar-refractivity contribution in [1.29, 1.82) is 0 Å². The predicted molar refractivity (Wildman–Crippen MR) is 147 cm³/mol. The van der Waals surface area contributed by atoms with Gasteiger partial charge in [0.1, 0.15) is 0 Å². The van der Waals surface area contributed by atoms with E-state index in [1.165, 1.54) is 31.4 Å². The lowest BCUT2D eigenvalue weighted by Gasteiger charge is -2.12. The van der Waals surface area contributed by atoms with Gasteiger partial charge in [-0.15, -0.1) is 5.11 Å². The highest BCUT2D eigenvalue weighted by Crippen LogP contribution is 2.23. The molecule has 0 aromatic heterocycles. The summed E-state index contributed by atoms with van der Waals surface area (Å²) in [7, 11) is 0. The summed E-state index contributed by atoms with van der Waals surface area (Å²) < 4.78 is 1.25. The van der Waals surface area contributed by atoms with Crippen LogP contribution in [0.2, 0.25) is 0 Å². The number of halogens is 1. The molecule has 0 radical (unpaired) electrons. The van der Waals surface area contributed by atoms with Gasteiger partial charge in [-0.1, -0.05) is 78.9 Å². The third-order valence-electron chi connectivity index (χ3n) is 5.24. The number of aryl methyl sites for hydroxylation is 1. The minimum absolute atomic E-state index is 0.864. The van der Waals surface area contributed by atoms with Crippen molar-refractivity contribution in [1.82, 2.24) is 5.01 Å². The van der Waals surface area contributed by atoms with Crippen LogP contribution in [-0.4, -0.2) is 18.1 Å². The minimum atomic E-state index is 0.864. The van der Waals surface area contributed by atoms with Gasteiger partial charge in [0.15, 0.2) is 0 Å². The zero-order valence-corrected chi connectivity index (χ0v) is 21.2. The lowest BCUT2D eigenvalue weighted by Crippen LogP contribution is -2.14. The van der Waals surface area contributed by atoms with Crippen molar-refractivity contribution in [2.45, 2.75) is 27.2 Å². The molecule has 0 heterocycles. The second-order valence-electron chi connectivity index (χ2n) is 7.45. The van der Waals surface area contributed by atoms with E-state index in [4.69, 9.17) is 0 Å². The van der Waals surface area contributed by atoms with Crippen molar-refractivity contribution in [3.63, 3.8) is 0 Å². The molecule has 0 fully saturated rings. The zero-order valence-electron chi connectivity index (χ0n) is 19.0. The van der Waals surface area contributed by atoms with Crippen molar-refractivity contribution < 1.29 is 0 Å². The summed E-state index contributed by atoms with van der Waals surface area (Å²) in [6.07, 6.45) is 9.52. The quantitative estimate of drug-likeness (QED) is 0.117. The molecule has 0 N–H and O–H groups in total. The number of hydrogen-bond donors (Lipinski definition) is 0. The molecule has 0 aliphatic heterocycles. The highest BCUT2D eigenvalue weighted by atomic mass is 127. The van der Waals surface area contributed by atoms with Gasteiger partial charge in [0.2, 0.25) is 0 Å². The van der Waals surface area contributed by atoms with E-state index in [0.717, 1.165) is 25.2 Å². The molecule has 0 atom stereocenters. The van der Waals surface area contributed by atoms with E-state index in [1.54, 1.807) is 0 Å². The first-order valence-corrected chi connectivity index (χ1v) is 12.2. The number of hydrogen-bond acceptors (Lipinski definition) is 2. The van der Waals surface area contributed by atoms with Crippen LogP contribution in [0.25, 0.3) is 24.3 Å². The summed E-state index contributed by atoms with van der Waals surface area (Å²) in [5.41, 5.74) is 6.91. The van der Waals surface area contributed by atoms with E-state index >= 15 is 0 Å². The Morgan fingerprint density at radius 3 is 1.66 bits per heavy atom. The van der Waals surface area contributed by atoms with Crippen molar-refractivity contribution in [3.05, 3.63) is 98.1 Å². The van der Waals surface area contributed by atoms with Gasteiger partial charge >= 0.3 is 0 Å². The van der Waals surface area contributed by atoms with Crippen LogP contribution in [0, 0.1) is 3.57 Å². The van der Waals surface area contributed by atoms with Crippen LogP contribution in [-0.2, 0) is 6.42 Å². The molecule has 0 spiro atoms. The molecule has 4 heteroatoms. The molecule has 0 bridgehead atoms. The average Bonchev–Trinajstić information content (AvgIpc) is 2.84.